The van der Waals surface area contributed by atoms with Crippen molar-refractivity contribution in [1.82, 2.24) is 14.9 Å². The van der Waals surface area contributed by atoms with E-state index in [1.165, 1.54) is 0 Å². The lowest BCUT2D eigenvalue weighted by atomic mass is 10.1. The van der Waals surface area contributed by atoms with Gasteiger partial charge in [-0.25, -0.2) is 4.98 Å². The number of nitriles is 1. The van der Waals surface area contributed by atoms with E-state index in [4.69, 9.17) is 5.26 Å². The highest BCUT2D eigenvalue weighted by Crippen LogP contribution is 2.34. The largest absolute Gasteiger partial charge is 0.383 e. The molecule has 1 heterocycles. The van der Waals surface area contributed by atoms with Gasteiger partial charge in [0.05, 0.1) is 16.6 Å². The topological polar surface area (TPSA) is 120 Å². The lowest BCUT2D eigenvalue weighted by Crippen LogP contribution is -2.09. The van der Waals surface area contributed by atoms with Crippen molar-refractivity contribution >= 4 is 50.8 Å². The van der Waals surface area contributed by atoms with Gasteiger partial charge in [0.1, 0.15) is 0 Å². The Morgan fingerprint density at radius 1 is 1.12 bits per heavy atom. The van der Waals surface area contributed by atoms with Gasteiger partial charge in [0.15, 0.2) is 5.69 Å². The molecule has 33 heavy (non-hydrogen) atoms. The molecule has 0 radical (unpaired) electrons. The molecule has 0 aliphatic carbocycles. The van der Waals surface area contributed by atoms with Crippen LogP contribution in [0, 0.1) is 35.3 Å². The Balaban J connectivity index is 2.14. The van der Waals surface area contributed by atoms with Crippen LogP contribution in [0.2, 0.25) is 0 Å². The fourth-order valence-corrected chi connectivity index (χ4v) is 3.80. The molecule has 1 aromatic heterocycles. The average Bonchev–Trinajstić information content (AvgIpc) is 2.74. The number of halogens is 1. The Hall–Kier alpha value is -3.97. The highest BCUT2D eigenvalue weighted by molar-refractivity contribution is 9.10. The lowest BCUT2D eigenvalue weighted by molar-refractivity contribution is -0.384. The Morgan fingerprint density at radius 2 is 1.76 bits per heavy atom. The van der Waals surface area contributed by atoms with Crippen LogP contribution in [0.5, 0.6) is 0 Å². The summed E-state index contributed by atoms with van der Waals surface area (Å²) in [6, 6.07) is 12.7. The summed E-state index contributed by atoms with van der Waals surface area (Å²) in [5.41, 5.74) is 3.61. The molecule has 0 unspecified atom stereocenters. The quantitative estimate of drug-likeness (QED) is 0.310. The normalized spacial score (nSPS) is 10.7. The Morgan fingerprint density at radius 3 is 2.30 bits per heavy atom. The van der Waals surface area contributed by atoms with Crippen molar-refractivity contribution in [2.45, 2.75) is 13.8 Å². The van der Waals surface area contributed by atoms with Crippen molar-refractivity contribution < 1.29 is 4.92 Å². The summed E-state index contributed by atoms with van der Waals surface area (Å²) >= 11 is 3.47. The molecule has 9 nitrogen and oxygen atoms in total. The summed E-state index contributed by atoms with van der Waals surface area (Å²) in [5, 5.41) is 27.2. The SMILES string of the molecule is Cc1cc(Br)cc(C)c1Nc1nc(Nc2ccc(C#N)cc2)nc(C=CN(C)C)c1[N+](=O)[O-]. The van der Waals surface area contributed by atoms with Crippen molar-refractivity contribution in [3.8, 4) is 6.07 Å². The lowest BCUT2D eigenvalue weighted by Gasteiger charge is -2.15. The minimum atomic E-state index is -0.493. The first-order valence-electron chi connectivity index (χ1n) is 9.90. The van der Waals surface area contributed by atoms with E-state index in [-0.39, 0.29) is 23.1 Å². The fourth-order valence-electron chi connectivity index (χ4n) is 3.11. The molecule has 2 aromatic carbocycles. The maximum atomic E-state index is 12.0. The zero-order chi connectivity index (χ0) is 24.1. The summed E-state index contributed by atoms with van der Waals surface area (Å²) in [7, 11) is 3.63. The minimum absolute atomic E-state index is 0.0677. The van der Waals surface area contributed by atoms with Crippen molar-refractivity contribution in [2.24, 2.45) is 0 Å². The second-order valence-electron chi connectivity index (χ2n) is 7.52. The molecular weight excluding hydrogens is 486 g/mol. The molecule has 3 rings (SSSR count). The predicted octanol–water partition coefficient (Wildman–Crippen LogP) is 5.66. The number of benzene rings is 2. The molecule has 3 aromatic rings. The molecule has 0 saturated heterocycles. The maximum absolute atomic E-state index is 12.0. The van der Waals surface area contributed by atoms with Gasteiger partial charge in [-0.3, -0.25) is 10.1 Å². The first kappa shape index (κ1) is 23.7. The number of hydrogen-bond acceptors (Lipinski definition) is 8. The van der Waals surface area contributed by atoms with E-state index < -0.39 is 4.92 Å². The third-order valence-corrected chi connectivity index (χ3v) is 5.09. The third kappa shape index (κ3) is 5.84. The van der Waals surface area contributed by atoms with Gasteiger partial charge in [-0.15, -0.1) is 0 Å². The van der Waals surface area contributed by atoms with Gasteiger partial charge in [-0.2, -0.15) is 10.2 Å². The second-order valence-corrected chi connectivity index (χ2v) is 8.44. The molecule has 0 atom stereocenters. The van der Waals surface area contributed by atoms with Gasteiger partial charge in [-0.1, -0.05) is 15.9 Å². The van der Waals surface area contributed by atoms with E-state index in [2.05, 4.69) is 42.6 Å². The van der Waals surface area contributed by atoms with Crippen LogP contribution in [0.1, 0.15) is 22.4 Å². The molecule has 0 bridgehead atoms. The Kier molecular flexibility index (Phi) is 7.25. The number of nitrogens with zero attached hydrogens (tertiary/aromatic N) is 5. The number of aromatic nitrogens is 2. The van der Waals surface area contributed by atoms with Crippen molar-refractivity contribution in [1.29, 1.82) is 5.26 Å². The van der Waals surface area contributed by atoms with E-state index in [1.807, 2.05) is 40.1 Å². The molecule has 168 valence electrons. The van der Waals surface area contributed by atoms with Gasteiger partial charge < -0.3 is 15.5 Å². The molecule has 0 amide bonds. The van der Waals surface area contributed by atoms with E-state index in [0.29, 0.717) is 11.3 Å². The van der Waals surface area contributed by atoms with Crippen LogP contribution >= 0.6 is 15.9 Å². The van der Waals surface area contributed by atoms with Gasteiger partial charge in [-0.05, 0) is 67.4 Å². The van der Waals surface area contributed by atoms with Crippen molar-refractivity contribution in [2.75, 3.05) is 24.7 Å². The second kappa shape index (κ2) is 10.1. The van der Waals surface area contributed by atoms with E-state index >= 15 is 0 Å². The van der Waals surface area contributed by atoms with Crippen LogP contribution in [-0.2, 0) is 0 Å². The molecule has 0 spiro atoms. The monoisotopic (exact) mass is 507 g/mol. The average molecular weight is 508 g/mol. The van der Waals surface area contributed by atoms with Crippen LogP contribution in [0.3, 0.4) is 0 Å². The van der Waals surface area contributed by atoms with E-state index in [9.17, 15) is 10.1 Å². The third-order valence-electron chi connectivity index (χ3n) is 4.64. The highest BCUT2D eigenvalue weighted by Gasteiger charge is 2.25. The van der Waals surface area contributed by atoms with Crippen LogP contribution < -0.4 is 10.6 Å². The first-order chi connectivity index (χ1) is 15.7. The molecule has 0 aliphatic heterocycles. The molecule has 0 aliphatic rings. The maximum Gasteiger partial charge on any atom is 0.337 e. The van der Waals surface area contributed by atoms with Crippen molar-refractivity contribution in [3.05, 3.63) is 79.6 Å². The van der Waals surface area contributed by atoms with Gasteiger partial charge in [0, 0.05) is 36.1 Å². The zero-order valence-corrected chi connectivity index (χ0v) is 20.1. The number of nitrogens with one attached hydrogen (secondary N) is 2. The molecule has 2 N–H and O–H groups in total. The fraction of sp³-hybridized carbons (Fsp3) is 0.174. The molecular formula is C23H22BrN7O2. The van der Waals surface area contributed by atoms with Crippen LogP contribution in [0.4, 0.5) is 28.8 Å². The summed E-state index contributed by atoms with van der Waals surface area (Å²) < 4.78 is 0.915. The summed E-state index contributed by atoms with van der Waals surface area (Å²) in [6.45, 7) is 3.83. The number of anilines is 4. The number of rotatable bonds is 7. The van der Waals surface area contributed by atoms with Gasteiger partial charge >= 0.3 is 5.69 Å². The predicted molar refractivity (Wildman–Crippen MR) is 133 cm³/mol. The van der Waals surface area contributed by atoms with Gasteiger partial charge in [0.2, 0.25) is 11.8 Å². The van der Waals surface area contributed by atoms with E-state index in [1.54, 1.807) is 41.4 Å². The first-order valence-corrected chi connectivity index (χ1v) is 10.7. The van der Waals surface area contributed by atoms with Crippen molar-refractivity contribution in [3.63, 3.8) is 0 Å². The zero-order valence-electron chi connectivity index (χ0n) is 18.5. The smallest absolute Gasteiger partial charge is 0.337 e. The Bertz CT molecular complexity index is 1240. The standard InChI is InChI=1S/C23H22BrN7O2/c1-14-11-17(24)12-15(2)20(14)28-22-21(31(32)33)19(9-10-30(3)4)27-23(29-22)26-18-7-5-16(13-25)6-8-18/h5-12H,1-4H3,(H2,26,27,28,29). The Labute approximate surface area is 200 Å². The summed E-state index contributed by atoms with van der Waals surface area (Å²) in [5.74, 6) is 0.247. The van der Waals surface area contributed by atoms with E-state index in [0.717, 1.165) is 21.3 Å². The summed E-state index contributed by atoms with van der Waals surface area (Å²) in [6.07, 6.45) is 3.25. The van der Waals surface area contributed by atoms with Gasteiger partial charge in [0.25, 0.3) is 0 Å². The summed E-state index contributed by atoms with van der Waals surface area (Å²) in [4.78, 5) is 22.1. The highest BCUT2D eigenvalue weighted by atomic mass is 79.9. The molecule has 0 fully saturated rings. The van der Waals surface area contributed by atoms with Crippen LogP contribution in [-0.4, -0.2) is 33.9 Å². The number of aryl methyl sites for hydroxylation is 2. The number of hydrogen-bond donors (Lipinski definition) is 2. The van der Waals surface area contributed by atoms with Crippen LogP contribution in [0.25, 0.3) is 6.08 Å². The number of nitro groups is 1. The van der Waals surface area contributed by atoms with Crippen LogP contribution in [0.15, 0.2) is 47.1 Å². The molecule has 10 heteroatoms. The minimum Gasteiger partial charge on any atom is -0.383 e. The molecule has 0 saturated carbocycles.